The molecular weight excluding hydrogens is 252 g/mol. The van der Waals surface area contributed by atoms with Crippen molar-refractivity contribution in [1.29, 1.82) is 0 Å². The maximum Gasteiger partial charge on any atom is 0.274 e. The Morgan fingerprint density at radius 3 is 2.75 bits per heavy atom. The molecule has 1 atom stereocenters. The first-order chi connectivity index (χ1) is 9.75. The molecule has 1 saturated heterocycles. The van der Waals surface area contributed by atoms with Gasteiger partial charge < -0.3 is 4.90 Å². The molecule has 0 bridgehead atoms. The lowest BCUT2D eigenvalue weighted by atomic mass is 10.1. The van der Waals surface area contributed by atoms with Crippen LogP contribution in [-0.4, -0.2) is 32.3 Å². The Morgan fingerprint density at radius 2 is 2.05 bits per heavy atom. The zero-order chi connectivity index (χ0) is 13.9. The fraction of sp³-hybridized carbons (Fsp3) is 0.333. The first-order valence-corrected chi connectivity index (χ1v) is 6.75. The van der Waals surface area contributed by atoms with Crippen molar-refractivity contribution in [1.82, 2.24) is 19.9 Å². The number of aromatic nitrogens is 3. The minimum Gasteiger partial charge on any atom is -0.330 e. The summed E-state index contributed by atoms with van der Waals surface area (Å²) in [7, 11) is 0. The van der Waals surface area contributed by atoms with Crippen molar-refractivity contribution in [2.24, 2.45) is 0 Å². The molecule has 3 heterocycles. The van der Waals surface area contributed by atoms with Crippen LogP contribution in [0.4, 0.5) is 0 Å². The fourth-order valence-corrected chi connectivity index (χ4v) is 2.59. The number of rotatable bonds is 2. The minimum absolute atomic E-state index is 0.0446. The highest BCUT2D eigenvalue weighted by Crippen LogP contribution is 2.32. The van der Waals surface area contributed by atoms with Gasteiger partial charge in [-0.3, -0.25) is 14.8 Å². The maximum atomic E-state index is 12.5. The average molecular weight is 268 g/mol. The molecule has 5 heteroatoms. The van der Waals surface area contributed by atoms with Crippen molar-refractivity contribution >= 4 is 5.91 Å². The summed E-state index contributed by atoms with van der Waals surface area (Å²) in [5, 5.41) is 0. The lowest BCUT2D eigenvalue weighted by Crippen LogP contribution is -2.31. The van der Waals surface area contributed by atoms with Gasteiger partial charge in [-0.05, 0) is 37.5 Å². The van der Waals surface area contributed by atoms with Crippen LogP contribution in [0.15, 0.2) is 36.9 Å². The molecule has 0 saturated carbocycles. The number of amides is 1. The van der Waals surface area contributed by atoms with Crippen LogP contribution < -0.4 is 0 Å². The Bertz CT molecular complexity index is 597. The molecule has 0 radical (unpaired) electrons. The summed E-state index contributed by atoms with van der Waals surface area (Å²) in [5.41, 5.74) is 2.36. The van der Waals surface area contributed by atoms with Gasteiger partial charge >= 0.3 is 0 Å². The van der Waals surface area contributed by atoms with E-state index in [2.05, 4.69) is 15.0 Å². The highest BCUT2D eigenvalue weighted by molar-refractivity contribution is 5.92. The van der Waals surface area contributed by atoms with E-state index < -0.39 is 0 Å². The molecule has 20 heavy (non-hydrogen) atoms. The first kappa shape index (κ1) is 12.7. The first-order valence-electron chi connectivity index (χ1n) is 6.75. The number of aryl methyl sites for hydroxylation is 1. The van der Waals surface area contributed by atoms with Crippen molar-refractivity contribution in [3.63, 3.8) is 0 Å². The average Bonchev–Trinajstić information content (AvgIpc) is 2.97. The molecule has 1 unspecified atom stereocenters. The van der Waals surface area contributed by atoms with Gasteiger partial charge in [0.15, 0.2) is 0 Å². The summed E-state index contributed by atoms with van der Waals surface area (Å²) in [4.78, 5) is 26.8. The molecule has 1 fully saturated rings. The van der Waals surface area contributed by atoms with Gasteiger partial charge in [-0.1, -0.05) is 0 Å². The molecule has 1 amide bonds. The number of pyridine rings is 1. The van der Waals surface area contributed by atoms with Crippen LogP contribution in [0.5, 0.6) is 0 Å². The van der Waals surface area contributed by atoms with E-state index in [0.717, 1.165) is 30.6 Å². The SMILES string of the molecule is Cc1cnc(C(=O)N2CCCC2c2ccncc2)cn1. The van der Waals surface area contributed by atoms with Crippen LogP contribution in [0.1, 0.15) is 40.6 Å². The molecule has 0 spiro atoms. The number of hydrogen-bond donors (Lipinski definition) is 0. The summed E-state index contributed by atoms with van der Waals surface area (Å²) in [6, 6.07) is 4.06. The predicted octanol–water partition coefficient (Wildman–Crippen LogP) is 2.16. The van der Waals surface area contributed by atoms with Gasteiger partial charge in [0, 0.05) is 25.1 Å². The van der Waals surface area contributed by atoms with Crippen molar-refractivity contribution in [3.8, 4) is 0 Å². The topological polar surface area (TPSA) is 59.0 Å². The quantitative estimate of drug-likeness (QED) is 0.837. The molecule has 2 aromatic rings. The highest BCUT2D eigenvalue weighted by atomic mass is 16.2. The van der Waals surface area contributed by atoms with Gasteiger partial charge in [0.1, 0.15) is 5.69 Å². The van der Waals surface area contributed by atoms with E-state index in [-0.39, 0.29) is 11.9 Å². The Hall–Kier alpha value is -2.30. The smallest absolute Gasteiger partial charge is 0.274 e. The summed E-state index contributed by atoms with van der Waals surface area (Å²) in [5.74, 6) is -0.0446. The zero-order valence-corrected chi connectivity index (χ0v) is 11.4. The number of hydrogen-bond acceptors (Lipinski definition) is 4. The molecule has 3 rings (SSSR count). The standard InChI is InChI=1S/C15H16N4O/c1-11-9-18-13(10-17-11)15(20)19-8-2-3-14(19)12-4-6-16-7-5-12/h4-7,9-10,14H,2-3,8H2,1H3. The number of carbonyl (C=O) groups excluding carboxylic acids is 1. The molecule has 102 valence electrons. The normalized spacial score (nSPS) is 18.2. The van der Waals surface area contributed by atoms with E-state index in [1.807, 2.05) is 24.0 Å². The largest absolute Gasteiger partial charge is 0.330 e. The minimum atomic E-state index is -0.0446. The second-order valence-electron chi connectivity index (χ2n) is 4.98. The highest BCUT2D eigenvalue weighted by Gasteiger charge is 2.31. The molecule has 0 aromatic carbocycles. The van der Waals surface area contributed by atoms with Crippen molar-refractivity contribution in [2.75, 3.05) is 6.54 Å². The van der Waals surface area contributed by atoms with Crippen LogP contribution in [-0.2, 0) is 0 Å². The number of likely N-dealkylation sites (tertiary alicyclic amines) is 1. The van der Waals surface area contributed by atoms with E-state index in [1.165, 1.54) is 0 Å². The zero-order valence-electron chi connectivity index (χ0n) is 11.4. The monoisotopic (exact) mass is 268 g/mol. The van der Waals surface area contributed by atoms with E-state index in [0.29, 0.717) is 5.69 Å². The lowest BCUT2D eigenvalue weighted by Gasteiger charge is -2.24. The van der Waals surface area contributed by atoms with Crippen LogP contribution in [0.25, 0.3) is 0 Å². The van der Waals surface area contributed by atoms with E-state index >= 15 is 0 Å². The third-order valence-corrected chi connectivity index (χ3v) is 3.60. The van der Waals surface area contributed by atoms with Gasteiger partial charge in [0.05, 0.1) is 17.9 Å². The second kappa shape index (κ2) is 5.36. The van der Waals surface area contributed by atoms with Gasteiger partial charge in [0.25, 0.3) is 5.91 Å². The molecule has 0 N–H and O–H groups in total. The fourth-order valence-electron chi connectivity index (χ4n) is 2.59. The van der Waals surface area contributed by atoms with Crippen LogP contribution >= 0.6 is 0 Å². The van der Waals surface area contributed by atoms with Crippen LogP contribution in [0, 0.1) is 6.92 Å². The molecule has 1 aliphatic rings. The predicted molar refractivity (Wildman–Crippen MR) is 74.0 cm³/mol. The lowest BCUT2D eigenvalue weighted by molar-refractivity contribution is 0.0729. The molecule has 2 aromatic heterocycles. The number of carbonyl (C=O) groups is 1. The van der Waals surface area contributed by atoms with Crippen molar-refractivity contribution in [2.45, 2.75) is 25.8 Å². The third kappa shape index (κ3) is 2.39. The van der Waals surface area contributed by atoms with E-state index in [4.69, 9.17) is 0 Å². The summed E-state index contributed by atoms with van der Waals surface area (Å²) < 4.78 is 0. The van der Waals surface area contributed by atoms with Gasteiger partial charge in [0.2, 0.25) is 0 Å². The van der Waals surface area contributed by atoms with Gasteiger partial charge in [-0.2, -0.15) is 0 Å². The summed E-state index contributed by atoms with van der Waals surface area (Å²) >= 11 is 0. The van der Waals surface area contributed by atoms with Crippen molar-refractivity contribution in [3.05, 3.63) is 53.9 Å². The second-order valence-corrected chi connectivity index (χ2v) is 4.98. The Kier molecular flexibility index (Phi) is 3.41. The molecular formula is C15H16N4O. The Balaban J connectivity index is 1.85. The van der Waals surface area contributed by atoms with Crippen LogP contribution in [0.3, 0.4) is 0 Å². The van der Waals surface area contributed by atoms with E-state index in [9.17, 15) is 4.79 Å². The maximum absolute atomic E-state index is 12.5. The van der Waals surface area contributed by atoms with Gasteiger partial charge in [-0.15, -0.1) is 0 Å². The van der Waals surface area contributed by atoms with Gasteiger partial charge in [-0.25, -0.2) is 4.98 Å². The summed E-state index contributed by atoms with van der Waals surface area (Å²) in [6.45, 7) is 2.62. The van der Waals surface area contributed by atoms with Crippen LogP contribution in [0.2, 0.25) is 0 Å². The van der Waals surface area contributed by atoms with E-state index in [1.54, 1.807) is 24.8 Å². The van der Waals surface area contributed by atoms with Crippen molar-refractivity contribution < 1.29 is 4.79 Å². The molecule has 1 aliphatic heterocycles. The molecule has 5 nitrogen and oxygen atoms in total. The summed E-state index contributed by atoms with van der Waals surface area (Å²) in [6.07, 6.45) is 8.71. The Labute approximate surface area is 117 Å². The number of nitrogens with zero attached hydrogens (tertiary/aromatic N) is 4. The Morgan fingerprint density at radius 1 is 1.25 bits per heavy atom. The molecule has 0 aliphatic carbocycles. The third-order valence-electron chi connectivity index (χ3n) is 3.60.